The molecule has 3 heteroatoms. The molecule has 0 amide bonds. The van der Waals surface area contributed by atoms with Gasteiger partial charge in [-0.15, -0.1) is 0 Å². The lowest BCUT2D eigenvalue weighted by atomic mass is 9.58. The molecule has 3 unspecified atom stereocenters. The molecule has 198 valence electrons. The Hall–Kier alpha value is -4.11. The summed E-state index contributed by atoms with van der Waals surface area (Å²) in [5.74, 6) is 0. The maximum Gasteiger partial charge on any atom is 0.213 e. The minimum atomic E-state index is -0.0289. The molecule has 3 nitrogen and oxygen atoms in total. The quantitative estimate of drug-likeness (QED) is 0.208. The van der Waals surface area contributed by atoms with Crippen LogP contribution in [0.4, 0.5) is 0 Å². The lowest BCUT2D eigenvalue weighted by Gasteiger charge is -2.48. The van der Waals surface area contributed by atoms with Crippen LogP contribution in [-0.2, 0) is 11.0 Å². The molecule has 5 aromatic rings. The van der Waals surface area contributed by atoms with Gasteiger partial charge in [-0.1, -0.05) is 50.2 Å². The van der Waals surface area contributed by atoms with Gasteiger partial charge in [0.05, 0.1) is 22.2 Å². The fourth-order valence-corrected chi connectivity index (χ4v) is 7.93. The third kappa shape index (κ3) is 3.46. The van der Waals surface area contributed by atoms with Gasteiger partial charge in [0.25, 0.3) is 0 Å². The molecule has 0 radical (unpaired) electrons. The van der Waals surface area contributed by atoms with Crippen LogP contribution in [0.15, 0.2) is 116 Å². The number of hydrogen-bond donors (Lipinski definition) is 0. The van der Waals surface area contributed by atoms with Crippen molar-refractivity contribution in [3.8, 4) is 33.8 Å². The molecule has 0 fully saturated rings. The van der Waals surface area contributed by atoms with Gasteiger partial charge in [0.1, 0.15) is 0 Å². The predicted molar refractivity (Wildman–Crippen MR) is 161 cm³/mol. The zero-order valence-electron chi connectivity index (χ0n) is 23.7. The molecule has 2 aromatic carbocycles. The third-order valence-corrected chi connectivity index (χ3v) is 10.1. The van der Waals surface area contributed by atoms with Crippen molar-refractivity contribution in [3.05, 3.63) is 127 Å². The molecule has 2 aliphatic heterocycles. The maximum atomic E-state index is 4.62. The van der Waals surface area contributed by atoms with Gasteiger partial charge in [0.2, 0.25) is 11.4 Å². The van der Waals surface area contributed by atoms with Crippen molar-refractivity contribution in [2.45, 2.75) is 63.5 Å². The van der Waals surface area contributed by atoms with Crippen molar-refractivity contribution in [2.24, 2.45) is 0 Å². The van der Waals surface area contributed by atoms with Crippen LogP contribution >= 0.6 is 0 Å². The van der Waals surface area contributed by atoms with E-state index < -0.39 is 0 Å². The van der Waals surface area contributed by atoms with E-state index in [-0.39, 0.29) is 11.0 Å². The van der Waals surface area contributed by atoms with E-state index in [0.29, 0.717) is 6.04 Å². The van der Waals surface area contributed by atoms with E-state index in [1.807, 2.05) is 12.3 Å². The number of aromatic nitrogens is 3. The zero-order valence-corrected chi connectivity index (χ0v) is 23.7. The second kappa shape index (κ2) is 9.52. The Balaban J connectivity index is 1.33. The monoisotopic (exact) mass is 523 g/mol. The molecule has 40 heavy (non-hydrogen) atoms. The smallest absolute Gasteiger partial charge is 0.213 e. The lowest BCUT2D eigenvalue weighted by Crippen LogP contribution is -2.69. The van der Waals surface area contributed by atoms with Gasteiger partial charge in [-0.05, 0) is 55.3 Å². The largest absolute Gasteiger partial charge is 0.256 e. The highest BCUT2D eigenvalue weighted by molar-refractivity contribution is 5.73. The van der Waals surface area contributed by atoms with E-state index in [0.717, 1.165) is 31.4 Å². The van der Waals surface area contributed by atoms with Gasteiger partial charge in [-0.3, -0.25) is 4.98 Å². The molecule has 7 rings (SSSR count). The molecule has 0 bridgehead atoms. The summed E-state index contributed by atoms with van der Waals surface area (Å²) in [6, 6.07) is 35.8. The summed E-state index contributed by atoms with van der Waals surface area (Å²) in [6.45, 7) is 7.29. The Morgan fingerprint density at radius 3 is 2.33 bits per heavy atom. The molecule has 0 saturated carbocycles. The molecular formula is C37H37N3+2. The Bertz CT molecular complexity index is 1710. The average Bonchev–Trinajstić information content (AvgIpc) is 3.34. The van der Waals surface area contributed by atoms with Gasteiger partial charge < -0.3 is 0 Å². The predicted octanol–water partition coefficient (Wildman–Crippen LogP) is 7.83. The van der Waals surface area contributed by atoms with Crippen molar-refractivity contribution in [1.29, 1.82) is 0 Å². The molecule has 2 aliphatic rings. The second-order valence-electron chi connectivity index (χ2n) is 11.6. The minimum Gasteiger partial charge on any atom is -0.256 e. The minimum absolute atomic E-state index is 0.0197. The number of benzene rings is 2. The van der Waals surface area contributed by atoms with Gasteiger partial charge >= 0.3 is 0 Å². The van der Waals surface area contributed by atoms with Crippen LogP contribution in [0.3, 0.4) is 0 Å². The van der Waals surface area contributed by atoms with Crippen molar-refractivity contribution < 1.29 is 9.13 Å². The van der Waals surface area contributed by atoms with E-state index in [4.69, 9.17) is 0 Å². The Morgan fingerprint density at radius 1 is 0.750 bits per heavy atom. The Kier molecular flexibility index (Phi) is 5.92. The van der Waals surface area contributed by atoms with Crippen molar-refractivity contribution >= 4 is 0 Å². The van der Waals surface area contributed by atoms with E-state index in [1.165, 1.54) is 39.2 Å². The standard InChI is InChI=1S/C37H37N3/c1-4-36(3)31-15-7-6-14-29(31)35-18-10-13-25-40(35)37(36,5-2)22-21-34-28-20-19-27(32-16-8-11-23-38-32)26-30(28)33-17-9-12-24-39(33)34/h6-20,23-26,34H,4-5,21-22H2,1-3H3/q+2. The van der Waals surface area contributed by atoms with Crippen LogP contribution < -0.4 is 9.13 Å². The summed E-state index contributed by atoms with van der Waals surface area (Å²) in [5, 5.41) is 0. The molecule has 3 atom stereocenters. The highest BCUT2D eigenvalue weighted by atomic mass is 15.1. The number of nitrogens with zero attached hydrogens (tertiary/aromatic N) is 3. The first-order valence-electron chi connectivity index (χ1n) is 14.8. The fourth-order valence-electron chi connectivity index (χ4n) is 7.93. The van der Waals surface area contributed by atoms with Crippen LogP contribution in [0.25, 0.3) is 33.8 Å². The lowest BCUT2D eigenvalue weighted by molar-refractivity contribution is -0.772. The van der Waals surface area contributed by atoms with Crippen molar-refractivity contribution in [1.82, 2.24) is 4.98 Å². The number of rotatable bonds is 6. The molecule has 0 N–H and O–H groups in total. The van der Waals surface area contributed by atoms with Gasteiger partial charge in [-0.25, -0.2) is 0 Å². The second-order valence-corrected chi connectivity index (χ2v) is 11.6. The summed E-state index contributed by atoms with van der Waals surface area (Å²) in [5.41, 5.74) is 10.4. The molecule has 3 aromatic heterocycles. The summed E-state index contributed by atoms with van der Waals surface area (Å²) >= 11 is 0. The van der Waals surface area contributed by atoms with Crippen LogP contribution in [0.2, 0.25) is 0 Å². The molecule has 5 heterocycles. The third-order valence-electron chi connectivity index (χ3n) is 10.1. The maximum absolute atomic E-state index is 4.62. The number of hydrogen-bond acceptors (Lipinski definition) is 1. The van der Waals surface area contributed by atoms with Gasteiger partial charge in [0.15, 0.2) is 24.0 Å². The highest BCUT2D eigenvalue weighted by Gasteiger charge is 2.59. The summed E-state index contributed by atoms with van der Waals surface area (Å²) < 4.78 is 5.14. The topological polar surface area (TPSA) is 20.6 Å². The zero-order chi connectivity index (χ0) is 27.3. The Morgan fingerprint density at radius 2 is 1.52 bits per heavy atom. The SMILES string of the molecule is CCC1(C)c2ccccc2-c2cccc[n+]2C1(CC)CCC1c2ccc(-c3ccccn3)cc2-c2cccc[n+]21. The van der Waals surface area contributed by atoms with Crippen LogP contribution in [0, 0.1) is 0 Å². The summed E-state index contributed by atoms with van der Waals surface area (Å²) in [4.78, 5) is 4.62. The van der Waals surface area contributed by atoms with Crippen LogP contribution in [-0.4, -0.2) is 4.98 Å². The first-order valence-corrected chi connectivity index (χ1v) is 14.8. The van der Waals surface area contributed by atoms with Crippen molar-refractivity contribution in [2.75, 3.05) is 0 Å². The van der Waals surface area contributed by atoms with Crippen LogP contribution in [0.1, 0.15) is 63.6 Å². The van der Waals surface area contributed by atoms with Crippen molar-refractivity contribution in [3.63, 3.8) is 0 Å². The van der Waals surface area contributed by atoms with E-state index in [2.05, 4.69) is 138 Å². The normalized spacial score (nSPS) is 22.2. The molecular weight excluding hydrogens is 486 g/mol. The Labute approximate surface area is 237 Å². The van der Waals surface area contributed by atoms with Gasteiger partial charge in [-0.2, -0.15) is 9.13 Å². The number of pyridine rings is 3. The van der Waals surface area contributed by atoms with E-state index in [9.17, 15) is 0 Å². The number of fused-ring (bicyclic) bond motifs is 6. The van der Waals surface area contributed by atoms with E-state index in [1.54, 1.807) is 0 Å². The first kappa shape index (κ1) is 24.9. The van der Waals surface area contributed by atoms with Crippen LogP contribution in [0.5, 0.6) is 0 Å². The summed E-state index contributed by atoms with van der Waals surface area (Å²) in [7, 11) is 0. The summed E-state index contributed by atoms with van der Waals surface area (Å²) in [6.07, 6.45) is 10.8. The molecule has 0 saturated heterocycles. The fraction of sp³-hybridized carbons (Fsp3) is 0.270. The van der Waals surface area contributed by atoms with Gasteiger partial charge in [0, 0.05) is 60.9 Å². The molecule has 0 spiro atoms. The van der Waals surface area contributed by atoms with E-state index >= 15 is 0 Å². The molecule has 0 aliphatic carbocycles. The first-order chi connectivity index (χ1) is 19.6. The highest BCUT2D eigenvalue weighted by Crippen LogP contribution is 2.52. The average molecular weight is 524 g/mol.